The quantitative estimate of drug-likeness (QED) is 0.614. The second-order valence-corrected chi connectivity index (χ2v) is 6.07. The van der Waals surface area contributed by atoms with Gasteiger partial charge < -0.3 is 10.6 Å². The lowest BCUT2D eigenvalue weighted by Gasteiger charge is -2.22. The first kappa shape index (κ1) is 17.1. The Kier molecular flexibility index (Phi) is 5.39. The molecule has 2 heterocycles. The number of hydrogen-bond donors (Lipinski definition) is 2. The first-order valence-electron chi connectivity index (χ1n) is 8.41. The molecule has 1 saturated heterocycles. The molecule has 1 atom stereocenters. The van der Waals surface area contributed by atoms with Gasteiger partial charge in [0.1, 0.15) is 5.69 Å². The molecule has 0 saturated carbocycles. The van der Waals surface area contributed by atoms with Crippen molar-refractivity contribution in [2.45, 2.75) is 25.3 Å². The van der Waals surface area contributed by atoms with E-state index in [-0.39, 0.29) is 17.6 Å². The summed E-state index contributed by atoms with van der Waals surface area (Å²) in [5.74, 6) is -0.263. The molecular weight excluding hydrogens is 322 g/mol. The molecule has 132 valence electrons. The Balaban J connectivity index is 1.55. The molecule has 0 bridgehead atoms. The van der Waals surface area contributed by atoms with E-state index in [1.807, 2.05) is 10.9 Å². The molecule has 1 aliphatic rings. The highest BCUT2D eigenvalue weighted by Crippen LogP contribution is 2.18. The standard InChI is InChI=1S/C17H21N5O3/c23-17(15-8-11-21(20-15)14-5-3-9-18-12-14)19-10-7-13-4-1-2-6-16(13)22(24)25/h1-2,4,6,8,11,14,18H,3,5,7,9-10,12H2,(H,19,23). The average molecular weight is 343 g/mol. The van der Waals surface area contributed by atoms with Gasteiger partial charge in [0, 0.05) is 30.9 Å². The maximum absolute atomic E-state index is 12.2. The molecule has 1 fully saturated rings. The molecule has 1 aromatic carbocycles. The fourth-order valence-electron chi connectivity index (χ4n) is 3.02. The van der Waals surface area contributed by atoms with Crippen molar-refractivity contribution in [2.75, 3.05) is 19.6 Å². The van der Waals surface area contributed by atoms with Crippen molar-refractivity contribution >= 4 is 11.6 Å². The molecule has 0 spiro atoms. The van der Waals surface area contributed by atoms with Crippen molar-refractivity contribution in [3.8, 4) is 0 Å². The lowest BCUT2D eigenvalue weighted by Crippen LogP contribution is -2.32. The number of aromatic nitrogens is 2. The van der Waals surface area contributed by atoms with Gasteiger partial charge in [0.2, 0.25) is 0 Å². The van der Waals surface area contributed by atoms with Crippen molar-refractivity contribution in [1.29, 1.82) is 0 Å². The Bertz CT molecular complexity index is 752. The van der Waals surface area contributed by atoms with Crippen molar-refractivity contribution in [3.05, 3.63) is 57.9 Å². The Hall–Kier alpha value is -2.74. The van der Waals surface area contributed by atoms with Crippen LogP contribution in [0, 0.1) is 10.1 Å². The van der Waals surface area contributed by atoms with E-state index in [9.17, 15) is 14.9 Å². The van der Waals surface area contributed by atoms with E-state index in [0.717, 1.165) is 25.9 Å². The summed E-state index contributed by atoms with van der Waals surface area (Å²) in [5.41, 5.74) is 1.05. The van der Waals surface area contributed by atoms with E-state index in [2.05, 4.69) is 15.7 Å². The van der Waals surface area contributed by atoms with Crippen molar-refractivity contribution in [3.63, 3.8) is 0 Å². The third kappa shape index (κ3) is 4.21. The van der Waals surface area contributed by atoms with Gasteiger partial charge in [-0.05, 0) is 31.9 Å². The van der Waals surface area contributed by atoms with Gasteiger partial charge in [-0.15, -0.1) is 0 Å². The Morgan fingerprint density at radius 3 is 3.00 bits per heavy atom. The number of piperidine rings is 1. The Labute approximate surface area is 145 Å². The summed E-state index contributed by atoms with van der Waals surface area (Å²) in [6.45, 7) is 2.21. The maximum Gasteiger partial charge on any atom is 0.272 e. The number of nitro benzene ring substituents is 1. The van der Waals surface area contributed by atoms with E-state index in [1.54, 1.807) is 24.3 Å². The zero-order valence-electron chi connectivity index (χ0n) is 13.9. The van der Waals surface area contributed by atoms with Crippen LogP contribution in [0.3, 0.4) is 0 Å². The van der Waals surface area contributed by atoms with Crippen LogP contribution in [0.15, 0.2) is 36.5 Å². The largest absolute Gasteiger partial charge is 0.350 e. The van der Waals surface area contributed by atoms with Gasteiger partial charge in [-0.25, -0.2) is 0 Å². The number of carbonyl (C=O) groups excluding carboxylic acids is 1. The van der Waals surface area contributed by atoms with E-state index >= 15 is 0 Å². The normalized spacial score (nSPS) is 17.2. The summed E-state index contributed by atoms with van der Waals surface area (Å²) < 4.78 is 1.84. The zero-order valence-corrected chi connectivity index (χ0v) is 13.9. The van der Waals surface area contributed by atoms with Crippen molar-refractivity contribution in [2.24, 2.45) is 0 Å². The number of nitro groups is 1. The topological polar surface area (TPSA) is 102 Å². The smallest absolute Gasteiger partial charge is 0.272 e. The predicted octanol–water partition coefficient (Wildman–Crippen LogP) is 1.69. The third-order valence-corrected chi connectivity index (χ3v) is 4.35. The fourth-order valence-corrected chi connectivity index (χ4v) is 3.02. The molecule has 8 heteroatoms. The fraction of sp³-hybridized carbons (Fsp3) is 0.412. The molecule has 8 nitrogen and oxygen atoms in total. The molecule has 25 heavy (non-hydrogen) atoms. The number of benzene rings is 1. The molecule has 1 aliphatic heterocycles. The van der Waals surface area contributed by atoms with Crippen LogP contribution >= 0.6 is 0 Å². The number of rotatable bonds is 6. The van der Waals surface area contributed by atoms with Gasteiger partial charge in [-0.2, -0.15) is 5.10 Å². The van der Waals surface area contributed by atoms with Crippen LogP contribution in [0.1, 0.15) is 34.9 Å². The maximum atomic E-state index is 12.2. The molecular formula is C17H21N5O3. The van der Waals surface area contributed by atoms with Crippen LogP contribution < -0.4 is 10.6 Å². The van der Waals surface area contributed by atoms with E-state index in [0.29, 0.717) is 24.2 Å². The minimum Gasteiger partial charge on any atom is -0.350 e. The minimum atomic E-state index is -0.406. The summed E-state index contributed by atoms with van der Waals surface area (Å²) in [7, 11) is 0. The Morgan fingerprint density at radius 1 is 1.40 bits per heavy atom. The van der Waals surface area contributed by atoms with E-state index < -0.39 is 4.92 Å². The molecule has 3 rings (SSSR count). The van der Waals surface area contributed by atoms with Gasteiger partial charge in [0.25, 0.3) is 11.6 Å². The van der Waals surface area contributed by atoms with Crippen LogP contribution in [0.2, 0.25) is 0 Å². The second kappa shape index (κ2) is 7.89. The number of amides is 1. The number of nitrogens with one attached hydrogen (secondary N) is 2. The molecule has 1 aromatic heterocycles. The average Bonchev–Trinajstić information content (AvgIpc) is 3.13. The molecule has 1 amide bonds. The van der Waals surface area contributed by atoms with Gasteiger partial charge >= 0.3 is 0 Å². The van der Waals surface area contributed by atoms with E-state index in [4.69, 9.17) is 0 Å². The highest BCUT2D eigenvalue weighted by molar-refractivity contribution is 5.92. The molecule has 0 radical (unpaired) electrons. The highest BCUT2D eigenvalue weighted by atomic mass is 16.6. The van der Waals surface area contributed by atoms with Crippen LogP contribution in [0.25, 0.3) is 0 Å². The SMILES string of the molecule is O=C(NCCc1ccccc1[N+](=O)[O-])c1ccn(C2CCCNC2)n1. The van der Waals surface area contributed by atoms with Crippen LogP contribution in [0.4, 0.5) is 5.69 Å². The second-order valence-electron chi connectivity index (χ2n) is 6.07. The third-order valence-electron chi connectivity index (χ3n) is 4.35. The van der Waals surface area contributed by atoms with E-state index in [1.165, 1.54) is 6.07 Å². The Morgan fingerprint density at radius 2 is 2.24 bits per heavy atom. The van der Waals surface area contributed by atoms with Gasteiger partial charge in [-0.3, -0.25) is 19.6 Å². The molecule has 1 unspecified atom stereocenters. The number of nitrogens with zero attached hydrogens (tertiary/aromatic N) is 3. The summed E-state index contributed by atoms with van der Waals surface area (Å²) in [5, 5.41) is 21.5. The molecule has 2 aromatic rings. The first-order valence-corrected chi connectivity index (χ1v) is 8.41. The van der Waals surface area contributed by atoms with Gasteiger partial charge in [0.05, 0.1) is 11.0 Å². The van der Waals surface area contributed by atoms with Crippen molar-refractivity contribution in [1.82, 2.24) is 20.4 Å². The monoisotopic (exact) mass is 343 g/mol. The van der Waals surface area contributed by atoms with Gasteiger partial charge in [-0.1, -0.05) is 18.2 Å². The van der Waals surface area contributed by atoms with Gasteiger partial charge in [0.15, 0.2) is 0 Å². The van der Waals surface area contributed by atoms with Crippen LogP contribution in [-0.4, -0.2) is 40.2 Å². The number of para-hydroxylation sites is 1. The first-order chi connectivity index (χ1) is 12.1. The lowest BCUT2D eigenvalue weighted by molar-refractivity contribution is -0.385. The summed E-state index contributed by atoms with van der Waals surface area (Å²) in [6.07, 6.45) is 4.38. The lowest BCUT2D eigenvalue weighted by atomic mass is 10.1. The van der Waals surface area contributed by atoms with Crippen LogP contribution in [0.5, 0.6) is 0 Å². The summed E-state index contributed by atoms with van der Waals surface area (Å²) in [4.78, 5) is 22.8. The predicted molar refractivity (Wildman–Crippen MR) is 92.5 cm³/mol. The van der Waals surface area contributed by atoms with Crippen molar-refractivity contribution < 1.29 is 9.72 Å². The number of hydrogen-bond acceptors (Lipinski definition) is 5. The van der Waals surface area contributed by atoms with Crippen LogP contribution in [-0.2, 0) is 6.42 Å². The molecule has 0 aliphatic carbocycles. The summed E-state index contributed by atoms with van der Waals surface area (Å²) in [6, 6.07) is 8.54. The minimum absolute atomic E-state index is 0.0748. The molecule has 2 N–H and O–H groups in total. The zero-order chi connectivity index (χ0) is 17.6. The number of carbonyl (C=O) groups is 1. The highest BCUT2D eigenvalue weighted by Gasteiger charge is 2.18. The summed E-state index contributed by atoms with van der Waals surface area (Å²) >= 11 is 0.